The monoisotopic (exact) mass is 214 g/mol. The van der Waals surface area contributed by atoms with E-state index in [1.165, 1.54) is 6.07 Å². The highest BCUT2D eigenvalue weighted by atomic mass is 19.3. The number of alkyl halides is 2. The van der Waals surface area contributed by atoms with Gasteiger partial charge in [0.15, 0.2) is 12.0 Å². The summed E-state index contributed by atoms with van der Waals surface area (Å²) in [6.45, 7) is 0. The molecule has 0 aliphatic rings. The summed E-state index contributed by atoms with van der Waals surface area (Å²) in [6, 6.07) is 4.33. The summed E-state index contributed by atoms with van der Waals surface area (Å²) < 4.78 is 43.2. The van der Waals surface area contributed by atoms with E-state index in [0.717, 1.165) is 18.2 Å². The molecule has 2 nitrogen and oxygen atoms in total. The molecule has 1 aromatic carbocycles. The van der Waals surface area contributed by atoms with E-state index >= 15 is 0 Å². The summed E-state index contributed by atoms with van der Waals surface area (Å²) in [4.78, 5) is 10.1. The first kappa shape index (κ1) is 9.76. The number of fused-ring (bicyclic) bond motifs is 1. The van der Waals surface area contributed by atoms with Crippen molar-refractivity contribution in [2.45, 2.75) is 5.92 Å². The van der Waals surface area contributed by atoms with Gasteiger partial charge in [0, 0.05) is 5.39 Å². The average Bonchev–Trinajstić information content (AvgIpc) is 2.61. The molecule has 0 atom stereocenters. The van der Waals surface area contributed by atoms with E-state index in [0.29, 0.717) is 0 Å². The highest BCUT2D eigenvalue weighted by molar-refractivity contribution is 5.79. The second-order valence-corrected chi connectivity index (χ2v) is 3.03. The summed E-state index contributed by atoms with van der Waals surface area (Å²) in [5, 5.41) is 0.200. The SMILES string of the molecule is O=CC(F)(F)c1cc2cc(F)ccc2o1. The molecular weight excluding hydrogens is 209 g/mol. The second kappa shape index (κ2) is 3.12. The molecule has 1 aromatic heterocycles. The molecule has 1 heterocycles. The van der Waals surface area contributed by atoms with Crippen LogP contribution < -0.4 is 0 Å². The molecule has 0 aliphatic heterocycles. The Hall–Kier alpha value is -1.78. The van der Waals surface area contributed by atoms with Gasteiger partial charge in [-0.2, -0.15) is 8.78 Å². The third-order valence-corrected chi connectivity index (χ3v) is 1.95. The number of carbonyl (C=O) groups excluding carboxylic acids is 1. The molecule has 0 saturated carbocycles. The van der Waals surface area contributed by atoms with Crippen molar-refractivity contribution >= 4 is 17.3 Å². The molecule has 0 aliphatic carbocycles. The molecule has 0 bridgehead atoms. The Bertz CT molecular complexity index is 516. The third-order valence-electron chi connectivity index (χ3n) is 1.95. The zero-order valence-corrected chi connectivity index (χ0v) is 7.34. The minimum absolute atomic E-state index is 0.118. The summed E-state index contributed by atoms with van der Waals surface area (Å²) >= 11 is 0. The van der Waals surface area contributed by atoms with Crippen LogP contribution in [-0.2, 0) is 10.7 Å². The van der Waals surface area contributed by atoms with Gasteiger partial charge in [-0.3, -0.25) is 4.79 Å². The first-order chi connectivity index (χ1) is 7.03. The van der Waals surface area contributed by atoms with Crippen molar-refractivity contribution in [2.24, 2.45) is 0 Å². The molecule has 0 unspecified atom stereocenters. The molecule has 0 radical (unpaired) electrons. The first-order valence-corrected chi connectivity index (χ1v) is 4.06. The van der Waals surface area contributed by atoms with E-state index in [2.05, 4.69) is 0 Å². The standard InChI is InChI=1S/C10H5F3O2/c11-7-1-2-8-6(3-7)4-9(15-8)10(12,13)5-14/h1-5H. The number of hydrogen-bond donors (Lipinski definition) is 0. The molecule has 0 amide bonds. The highest BCUT2D eigenvalue weighted by Crippen LogP contribution is 2.31. The predicted octanol–water partition coefficient (Wildman–Crippen LogP) is 2.86. The van der Waals surface area contributed by atoms with Gasteiger partial charge in [0.05, 0.1) is 0 Å². The lowest BCUT2D eigenvalue weighted by Crippen LogP contribution is -2.13. The van der Waals surface area contributed by atoms with Crippen LogP contribution in [0.3, 0.4) is 0 Å². The largest absolute Gasteiger partial charge is 0.454 e. The van der Waals surface area contributed by atoms with E-state index in [-0.39, 0.29) is 11.0 Å². The number of aldehydes is 1. The van der Waals surface area contributed by atoms with Crippen LogP contribution in [0.4, 0.5) is 13.2 Å². The van der Waals surface area contributed by atoms with Crippen molar-refractivity contribution in [3.05, 3.63) is 35.8 Å². The van der Waals surface area contributed by atoms with Gasteiger partial charge in [-0.15, -0.1) is 0 Å². The maximum Gasteiger partial charge on any atom is 0.358 e. The fourth-order valence-corrected chi connectivity index (χ4v) is 1.24. The third kappa shape index (κ3) is 1.60. The molecule has 2 aromatic rings. The maximum atomic E-state index is 12.9. The second-order valence-electron chi connectivity index (χ2n) is 3.03. The van der Waals surface area contributed by atoms with E-state index in [1.807, 2.05) is 0 Å². The van der Waals surface area contributed by atoms with Gasteiger partial charge in [-0.25, -0.2) is 4.39 Å². The van der Waals surface area contributed by atoms with E-state index < -0.39 is 23.8 Å². The predicted molar refractivity (Wildman–Crippen MR) is 46.1 cm³/mol. The van der Waals surface area contributed by atoms with Crippen molar-refractivity contribution in [1.29, 1.82) is 0 Å². The Kier molecular flexibility index (Phi) is 2.03. The average molecular weight is 214 g/mol. The minimum atomic E-state index is -3.67. The van der Waals surface area contributed by atoms with Gasteiger partial charge in [0.25, 0.3) is 0 Å². The number of benzene rings is 1. The Morgan fingerprint density at radius 1 is 1.27 bits per heavy atom. The van der Waals surface area contributed by atoms with Crippen LogP contribution in [0.15, 0.2) is 28.7 Å². The molecule has 0 fully saturated rings. The summed E-state index contributed by atoms with van der Waals surface area (Å²) in [5.41, 5.74) is 0.118. The lowest BCUT2D eigenvalue weighted by molar-refractivity contribution is -0.132. The summed E-state index contributed by atoms with van der Waals surface area (Å²) in [7, 11) is 0. The Balaban J connectivity index is 2.61. The zero-order valence-electron chi connectivity index (χ0n) is 7.34. The number of carbonyl (C=O) groups is 1. The van der Waals surface area contributed by atoms with Crippen LogP contribution in [0.1, 0.15) is 5.76 Å². The molecule has 5 heteroatoms. The Morgan fingerprint density at radius 2 is 2.00 bits per heavy atom. The molecule has 15 heavy (non-hydrogen) atoms. The fourth-order valence-electron chi connectivity index (χ4n) is 1.24. The molecule has 78 valence electrons. The summed E-state index contributed by atoms with van der Waals surface area (Å²) in [6.07, 6.45) is -0.513. The normalized spacial score (nSPS) is 11.9. The van der Waals surface area contributed by atoms with Crippen LogP contribution in [0.5, 0.6) is 0 Å². The van der Waals surface area contributed by atoms with E-state index in [4.69, 9.17) is 4.42 Å². The van der Waals surface area contributed by atoms with Gasteiger partial charge in [-0.1, -0.05) is 0 Å². The number of rotatable bonds is 2. The van der Waals surface area contributed by atoms with Gasteiger partial charge in [-0.05, 0) is 24.3 Å². The Labute approximate surface area is 82.3 Å². The fraction of sp³-hybridized carbons (Fsp3) is 0.100. The highest BCUT2D eigenvalue weighted by Gasteiger charge is 2.35. The van der Waals surface area contributed by atoms with Crippen LogP contribution >= 0.6 is 0 Å². The van der Waals surface area contributed by atoms with Crippen LogP contribution in [0, 0.1) is 5.82 Å². The van der Waals surface area contributed by atoms with Crippen LogP contribution in [-0.4, -0.2) is 6.29 Å². The van der Waals surface area contributed by atoms with Crippen molar-refractivity contribution < 1.29 is 22.4 Å². The van der Waals surface area contributed by atoms with Crippen molar-refractivity contribution in [1.82, 2.24) is 0 Å². The smallest absolute Gasteiger partial charge is 0.358 e. The molecular formula is C10H5F3O2. The van der Waals surface area contributed by atoms with E-state index in [1.54, 1.807) is 0 Å². The van der Waals surface area contributed by atoms with Crippen LogP contribution in [0.2, 0.25) is 0 Å². The van der Waals surface area contributed by atoms with Gasteiger partial charge < -0.3 is 4.42 Å². The lowest BCUT2D eigenvalue weighted by Gasteiger charge is -2.02. The Morgan fingerprint density at radius 3 is 2.67 bits per heavy atom. The molecule has 2 rings (SSSR count). The first-order valence-electron chi connectivity index (χ1n) is 4.06. The maximum absolute atomic E-state index is 12.9. The van der Waals surface area contributed by atoms with Gasteiger partial charge in [0.1, 0.15) is 11.4 Å². The lowest BCUT2D eigenvalue weighted by atomic mass is 10.2. The minimum Gasteiger partial charge on any atom is -0.454 e. The van der Waals surface area contributed by atoms with Crippen molar-refractivity contribution in [2.75, 3.05) is 0 Å². The van der Waals surface area contributed by atoms with Crippen molar-refractivity contribution in [3.8, 4) is 0 Å². The number of hydrogen-bond acceptors (Lipinski definition) is 2. The van der Waals surface area contributed by atoms with Crippen LogP contribution in [0.25, 0.3) is 11.0 Å². The van der Waals surface area contributed by atoms with E-state index in [9.17, 15) is 18.0 Å². The zero-order chi connectivity index (χ0) is 11.1. The quantitative estimate of drug-likeness (QED) is 0.719. The molecule has 0 N–H and O–H groups in total. The number of furan rings is 1. The van der Waals surface area contributed by atoms with Crippen molar-refractivity contribution in [3.63, 3.8) is 0 Å². The molecule has 0 saturated heterocycles. The van der Waals surface area contributed by atoms with Gasteiger partial charge >= 0.3 is 5.92 Å². The number of halogens is 3. The molecule has 0 spiro atoms. The van der Waals surface area contributed by atoms with Gasteiger partial charge in [0.2, 0.25) is 0 Å². The summed E-state index contributed by atoms with van der Waals surface area (Å²) in [5.74, 6) is -5.00. The topological polar surface area (TPSA) is 30.2 Å².